The van der Waals surface area contributed by atoms with E-state index in [4.69, 9.17) is 0 Å². The number of carbonyl (C=O) groups is 2. The molecular weight excluding hydrogens is 330 g/mol. The van der Waals surface area contributed by atoms with Gasteiger partial charge in [-0.25, -0.2) is 4.98 Å². The Kier molecular flexibility index (Phi) is 3.89. The molecule has 1 unspecified atom stereocenters. The van der Waals surface area contributed by atoms with E-state index in [1.54, 1.807) is 19.1 Å². The van der Waals surface area contributed by atoms with Crippen molar-refractivity contribution in [3.05, 3.63) is 77.4 Å². The highest BCUT2D eigenvalue weighted by Gasteiger charge is 2.27. The molecule has 2 aliphatic rings. The summed E-state index contributed by atoms with van der Waals surface area (Å²) < 4.78 is 0. The van der Waals surface area contributed by atoms with Crippen molar-refractivity contribution in [3.63, 3.8) is 0 Å². The third kappa shape index (κ3) is 2.90. The quantitative estimate of drug-likeness (QED) is 0.891. The van der Waals surface area contributed by atoms with Crippen molar-refractivity contribution in [3.8, 4) is 0 Å². The summed E-state index contributed by atoms with van der Waals surface area (Å²) in [5, 5.41) is 10.6. The molecule has 4 rings (SSSR count). The smallest absolute Gasteiger partial charge is 0.276 e. The Morgan fingerprint density at radius 1 is 1.15 bits per heavy atom. The number of hydrogen-bond donors (Lipinski definition) is 2. The summed E-state index contributed by atoms with van der Waals surface area (Å²) in [6.07, 6.45) is 8.90. The lowest BCUT2D eigenvalue weighted by Crippen LogP contribution is -2.17. The van der Waals surface area contributed by atoms with Crippen LogP contribution in [0.3, 0.4) is 0 Å². The average Bonchev–Trinajstić information content (AvgIpc) is 3.10. The Labute approximate surface area is 149 Å². The fourth-order valence-electron chi connectivity index (χ4n) is 2.87. The van der Waals surface area contributed by atoms with Crippen molar-refractivity contribution in [1.29, 1.82) is 0 Å². The molecule has 1 atom stereocenters. The van der Waals surface area contributed by atoms with Gasteiger partial charge in [0.05, 0.1) is 17.8 Å². The van der Waals surface area contributed by atoms with E-state index in [1.165, 1.54) is 6.20 Å². The molecule has 0 spiro atoms. The monoisotopic (exact) mass is 345 g/mol. The first-order chi connectivity index (χ1) is 12.6. The van der Waals surface area contributed by atoms with Gasteiger partial charge in [-0.2, -0.15) is 0 Å². The molecule has 1 aliphatic heterocycles. The van der Waals surface area contributed by atoms with E-state index < -0.39 is 0 Å². The van der Waals surface area contributed by atoms with E-state index in [9.17, 15) is 9.59 Å². The van der Waals surface area contributed by atoms with E-state index in [0.29, 0.717) is 22.9 Å². The number of azo groups is 1. The number of nitrogens with one attached hydrogen (secondary N) is 2. The standard InChI is InChI=1S/C19H15N5O2/c1-11-20-10-16(21-11)19(26)22-13-8-6-12(7-9-13)17-14-4-2-3-5-15(14)18(25)24-23-17/h2-10,15H,1H3,(H,20,21)(H,22,26). The molecule has 1 aromatic carbocycles. The van der Waals surface area contributed by atoms with Gasteiger partial charge in [0.2, 0.25) is 0 Å². The molecule has 128 valence electrons. The van der Waals surface area contributed by atoms with Crippen LogP contribution in [0, 0.1) is 12.8 Å². The van der Waals surface area contributed by atoms with E-state index in [0.717, 1.165) is 11.1 Å². The molecule has 2 aromatic rings. The number of anilines is 1. The molecule has 0 radical (unpaired) electrons. The third-order valence-electron chi connectivity index (χ3n) is 4.18. The van der Waals surface area contributed by atoms with E-state index in [2.05, 4.69) is 25.5 Å². The Balaban J connectivity index is 1.57. The van der Waals surface area contributed by atoms with Gasteiger partial charge >= 0.3 is 0 Å². The number of benzene rings is 1. The van der Waals surface area contributed by atoms with Crippen LogP contribution in [0.4, 0.5) is 5.69 Å². The highest BCUT2D eigenvalue weighted by atomic mass is 16.2. The zero-order valence-electron chi connectivity index (χ0n) is 13.9. The summed E-state index contributed by atoms with van der Waals surface area (Å²) in [6.45, 7) is 1.78. The fraction of sp³-hybridized carbons (Fsp3) is 0.105. The van der Waals surface area contributed by atoms with Gasteiger partial charge < -0.3 is 10.3 Å². The number of aromatic nitrogens is 2. The van der Waals surface area contributed by atoms with Crippen LogP contribution < -0.4 is 5.32 Å². The predicted molar refractivity (Wildman–Crippen MR) is 96.3 cm³/mol. The van der Waals surface area contributed by atoms with E-state index in [1.807, 2.05) is 36.4 Å². The molecule has 0 saturated heterocycles. The SMILES string of the molecule is Cc1ncc(C(=O)Nc2ccc(C3=C4C=CC=CC4C(=O)N=N3)cc2)[nH]1. The largest absolute Gasteiger partial charge is 0.338 e. The molecule has 26 heavy (non-hydrogen) atoms. The number of H-pyrrole nitrogens is 1. The predicted octanol–water partition coefficient (Wildman–Crippen LogP) is 3.42. The Bertz CT molecular complexity index is 1010. The van der Waals surface area contributed by atoms with Crippen LogP contribution in [-0.4, -0.2) is 21.8 Å². The number of rotatable bonds is 3. The maximum Gasteiger partial charge on any atom is 0.276 e. The van der Waals surface area contributed by atoms with Gasteiger partial charge in [0, 0.05) is 11.3 Å². The molecule has 2 amide bonds. The lowest BCUT2D eigenvalue weighted by atomic mass is 9.89. The van der Waals surface area contributed by atoms with Crippen LogP contribution in [0.2, 0.25) is 0 Å². The number of nitrogens with zero attached hydrogens (tertiary/aromatic N) is 3. The first-order valence-electron chi connectivity index (χ1n) is 8.10. The zero-order valence-corrected chi connectivity index (χ0v) is 13.9. The number of allylic oxidation sites excluding steroid dienone is 3. The first kappa shape index (κ1) is 15.9. The maximum absolute atomic E-state index is 12.2. The van der Waals surface area contributed by atoms with Crippen LogP contribution in [0.25, 0.3) is 5.70 Å². The lowest BCUT2D eigenvalue weighted by Gasteiger charge is -2.19. The molecule has 2 heterocycles. The van der Waals surface area contributed by atoms with Crippen molar-refractivity contribution in [1.82, 2.24) is 9.97 Å². The van der Waals surface area contributed by atoms with E-state index >= 15 is 0 Å². The van der Waals surface area contributed by atoms with Gasteiger partial charge in [0.25, 0.3) is 11.8 Å². The van der Waals surface area contributed by atoms with Gasteiger partial charge in [-0.3, -0.25) is 9.59 Å². The minimum absolute atomic E-state index is 0.260. The van der Waals surface area contributed by atoms with Crippen molar-refractivity contribution in [2.24, 2.45) is 16.1 Å². The van der Waals surface area contributed by atoms with Gasteiger partial charge in [0.1, 0.15) is 11.5 Å². The van der Waals surface area contributed by atoms with E-state index in [-0.39, 0.29) is 17.7 Å². The number of fused-ring (bicyclic) bond motifs is 1. The number of imidazole rings is 1. The molecular formula is C19H15N5O2. The Hall–Kier alpha value is -3.61. The van der Waals surface area contributed by atoms with Crippen LogP contribution in [0.1, 0.15) is 21.9 Å². The topological polar surface area (TPSA) is 99.6 Å². The molecule has 1 aromatic heterocycles. The second-order valence-electron chi connectivity index (χ2n) is 5.98. The number of carbonyl (C=O) groups excluding carboxylic acids is 2. The van der Waals surface area contributed by atoms with Crippen LogP contribution in [-0.2, 0) is 4.79 Å². The second kappa shape index (κ2) is 6.36. The van der Waals surface area contributed by atoms with Gasteiger partial charge in [0.15, 0.2) is 0 Å². The maximum atomic E-state index is 12.2. The summed E-state index contributed by atoms with van der Waals surface area (Å²) in [5.41, 5.74) is 3.38. The number of amides is 2. The lowest BCUT2D eigenvalue weighted by molar-refractivity contribution is -0.119. The highest BCUT2D eigenvalue weighted by Crippen LogP contribution is 2.34. The zero-order chi connectivity index (χ0) is 18.1. The van der Waals surface area contributed by atoms with Gasteiger partial charge in [-0.1, -0.05) is 36.4 Å². The van der Waals surface area contributed by atoms with Crippen LogP contribution >= 0.6 is 0 Å². The number of aryl methyl sites for hydroxylation is 1. The normalized spacial score (nSPS) is 18.2. The minimum Gasteiger partial charge on any atom is -0.338 e. The van der Waals surface area contributed by atoms with Crippen molar-refractivity contribution >= 4 is 23.2 Å². The number of aromatic amines is 1. The summed E-state index contributed by atoms with van der Waals surface area (Å²) in [6, 6.07) is 7.25. The summed E-state index contributed by atoms with van der Waals surface area (Å²) >= 11 is 0. The molecule has 2 N–H and O–H groups in total. The Morgan fingerprint density at radius 3 is 2.69 bits per heavy atom. The summed E-state index contributed by atoms with van der Waals surface area (Å²) in [5.74, 6) is -0.220. The highest BCUT2D eigenvalue weighted by molar-refractivity contribution is 6.02. The fourth-order valence-corrected chi connectivity index (χ4v) is 2.87. The average molecular weight is 345 g/mol. The Morgan fingerprint density at radius 2 is 1.96 bits per heavy atom. The molecule has 7 nitrogen and oxygen atoms in total. The molecule has 0 saturated carbocycles. The van der Waals surface area contributed by atoms with Gasteiger partial charge in [-0.15, -0.1) is 10.2 Å². The van der Waals surface area contributed by atoms with Crippen LogP contribution in [0.5, 0.6) is 0 Å². The first-order valence-corrected chi connectivity index (χ1v) is 8.10. The van der Waals surface area contributed by atoms with Crippen molar-refractivity contribution in [2.75, 3.05) is 5.32 Å². The summed E-state index contributed by atoms with van der Waals surface area (Å²) in [7, 11) is 0. The van der Waals surface area contributed by atoms with Crippen molar-refractivity contribution in [2.45, 2.75) is 6.92 Å². The number of hydrogen-bond acceptors (Lipinski definition) is 4. The van der Waals surface area contributed by atoms with Crippen LogP contribution in [0.15, 0.2) is 70.6 Å². The molecule has 7 heteroatoms. The molecule has 0 bridgehead atoms. The molecule has 1 aliphatic carbocycles. The third-order valence-corrected chi connectivity index (χ3v) is 4.18. The van der Waals surface area contributed by atoms with Gasteiger partial charge in [-0.05, 0) is 24.6 Å². The second-order valence-corrected chi connectivity index (χ2v) is 5.98. The van der Waals surface area contributed by atoms with Crippen molar-refractivity contribution < 1.29 is 9.59 Å². The summed E-state index contributed by atoms with van der Waals surface area (Å²) in [4.78, 5) is 30.9. The minimum atomic E-state index is -0.379. The molecule has 0 fully saturated rings.